The van der Waals surface area contributed by atoms with E-state index in [1.165, 1.54) is 5.56 Å². The van der Waals surface area contributed by atoms with E-state index in [1.54, 1.807) is 0 Å². The van der Waals surface area contributed by atoms with Gasteiger partial charge in [-0.2, -0.15) is 0 Å². The highest BCUT2D eigenvalue weighted by Gasteiger charge is 2.03. The minimum Gasteiger partial charge on any atom is -0.330 e. The van der Waals surface area contributed by atoms with Crippen LogP contribution in [0.4, 0.5) is 0 Å². The van der Waals surface area contributed by atoms with Crippen LogP contribution in [-0.4, -0.2) is 23.1 Å². The number of aromatic nitrogens is 2. The second kappa shape index (κ2) is 5.64. The molecular formula is C14H19N3. The molecule has 1 heterocycles. The molecule has 1 aromatic carbocycles. The minimum atomic E-state index is 0.902. The fourth-order valence-corrected chi connectivity index (χ4v) is 1.89. The van der Waals surface area contributed by atoms with Gasteiger partial charge in [0.2, 0.25) is 0 Å². The monoisotopic (exact) mass is 229 g/mol. The molecule has 3 nitrogen and oxygen atoms in total. The third kappa shape index (κ3) is 3.17. The molecule has 1 N–H and O–H groups in total. The Balaban J connectivity index is 2.08. The van der Waals surface area contributed by atoms with Crippen LogP contribution in [0.15, 0.2) is 36.5 Å². The van der Waals surface area contributed by atoms with Crippen LogP contribution in [0.25, 0.3) is 0 Å². The topological polar surface area (TPSA) is 29.9 Å². The average molecular weight is 229 g/mol. The Hall–Kier alpha value is -1.61. The molecule has 0 saturated heterocycles. The third-order valence-corrected chi connectivity index (χ3v) is 2.85. The second-order valence-corrected chi connectivity index (χ2v) is 4.25. The Morgan fingerprint density at radius 2 is 2.00 bits per heavy atom. The number of likely N-dealkylation sites (N-methyl/N-ethyl adjacent to an activating group) is 1. The normalized spacial score (nSPS) is 10.7. The van der Waals surface area contributed by atoms with Crippen molar-refractivity contribution in [2.75, 3.05) is 13.6 Å². The molecule has 3 heteroatoms. The first-order valence-electron chi connectivity index (χ1n) is 6.01. The maximum absolute atomic E-state index is 4.57. The number of nitrogens with one attached hydrogen (secondary N) is 1. The molecule has 2 aromatic rings. The SMILES string of the molecule is CNCCc1cn(Cc2ccccc2)c(C)n1. The number of benzene rings is 1. The predicted octanol–water partition coefficient (Wildman–Crippen LogP) is 2.00. The molecule has 0 unspecified atom stereocenters. The zero-order chi connectivity index (χ0) is 12.1. The molecule has 0 atom stereocenters. The Morgan fingerprint density at radius 1 is 1.24 bits per heavy atom. The number of aryl methyl sites for hydroxylation is 1. The van der Waals surface area contributed by atoms with Crippen molar-refractivity contribution in [2.24, 2.45) is 0 Å². The molecule has 17 heavy (non-hydrogen) atoms. The fraction of sp³-hybridized carbons (Fsp3) is 0.357. The third-order valence-electron chi connectivity index (χ3n) is 2.85. The van der Waals surface area contributed by atoms with Gasteiger partial charge < -0.3 is 9.88 Å². The van der Waals surface area contributed by atoms with E-state index in [0.29, 0.717) is 0 Å². The lowest BCUT2D eigenvalue weighted by molar-refractivity contribution is 0.760. The van der Waals surface area contributed by atoms with E-state index in [9.17, 15) is 0 Å². The summed E-state index contributed by atoms with van der Waals surface area (Å²) >= 11 is 0. The summed E-state index contributed by atoms with van der Waals surface area (Å²) < 4.78 is 2.21. The first-order chi connectivity index (χ1) is 8.29. The molecule has 0 aliphatic carbocycles. The van der Waals surface area contributed by atoms with Crippen molar-refractivity contribution in [3.63, 3.8) is 0 Å². The summed E-state index contributed by atoms with van der Waals surface area (Å²) in [5.74, 6) is 1.08. The van der Waals surface area contributed by atoms with Crippen LogP contribution in [0.3, 0.4) is 0 Å². The lowest BCUT2D eigenvalue weighted by Gasteiger charge is -2.04. The zero-order valence-corrected chi connectivity index (χ0v) is 10.5. The van der Waals surface area contributed by atoms with Gasteiger partial charge >= 0.3 is 0 Å². The summed E-state index contributed by atoms with van der Waals surface area (Å²) in [6.45, 7) is 3.94. The van der Waals surface area contributed by atoms with Crippen LogP contribution in [0.1, 0.15) is 17.1 Å². The van der Waals surface area contributed by atoms with Gasteiger partial charge in [0.25, 0.3) is 0 Å². The summed E-state index contributed by atoms with van der Waals surface area (Å²) in [6, 6.07) is 10.5. The molecule has 0 aliphatic heterocycles. The highest BCUT2D eigenvalue weighted by Crippen LogP contribution is 2.07. The molecule has 0 aliphatic rings. The molecule has 0 saturated carbocycles. The highest BCUT2D eigenvalue weighted by atomic mass is 15.1. The van der Waals surface area contributed by atoms with Gasteiger partial charge in [-0.1, -0.05) is 30.3 Å². The van der Waals surface area contributed by atoms with Crippen molar-refractivity contribution in [1.29, 1.82) is 0 Å². The largest absolute Gasteiger partial charge is 0.330 e. The molecule has 0 spiro atoms. The molecule has 0 amide bonds. The summed E-state index contributed by atoms with van der Waals surface area (Å²) in [5, 5.41) is 3.15. The Morgan fingerprint density at radius 3 is 2.71 bits per heavy atom. The quantitative estimate of drug-likeness (QED) is 0.850. The minimum absolute atomic E-state index is 0.902. The van der Waals surface area contributed by atoms with E-state index in [2.05, 4.69) is 52.3 Å². The van der Waals surface area contributed by atoms with Crippen LogP contribution in [-0.2, 0) is 13.0 Å². The summed E-state index contributed by atoms with van der Waals surface area (Å²) in [6.07, 6.45) is 3.14. The Labute approximate surface area is 103 Å². The van der Waals surface area contributed by atoms with Gasteiger partial charge in [0.05, 0.1) is 5.69 Å². The zero-order valence-electron chi connectivity index (χ0n) is 10.5. The lowest BCUT2D eigenvalue weighted by atomic mass is 10.2. The van der Waals surface area contributed by atoms with Crippen molar-refractivity contribution in [1.82, 2.24) is 14.9 Å². The molecule has 1 aromatic heterocycles. The van der Waals surface area contributed by atoms with Gasteiger partial charge in [-0.3, -0.25) is 0 Å². The number of hydrogen-bond acceptors (Lipinski definition) is 2. The number of nitrogens with zero attached hydrogens (tertiary/aromatic N) is 2. The summed E-state index contributed by atoms with van der Waals surface area (Å²) in [7, 11) is 1.97. The predicted molar refractivity (Wildman–Crippen MR) is 70.1 cm³/mol. The Kier molecular flexibility index (Phi) is 3.94. The van der Waals surface area contributed by atoms with Gasteiger partial charge in [-0.05, 0) is 19.5 Å². The van der Waals surface area contributed by atoms with E-state index >= 15 is 0 Å². The van der Waals surface area contributed by atoms with E-state index in [4.69, 9.17) is 0 Å². The van der Waals surface area contributed by atoms with Crippen molar-refractivity contribution in [3.8, 4) is 0 Å². The van der Waals surface area contributed by atoms with Crippen LogP contribution in [0.2, 0.25) is 0 Å². The van der Waals surface area contributed by atoms with Crippen LogP contribution < -0.4 is 5.32 Å². The van der Waals surface area contributed by atoms with Gasteiger partial charge in [0.15, 0.2) is 0 Å². The fourth-order valence-electron chi connectivity index (χ4n) is 1.89. The van der Waals surface area contributed by atoms with Gasteiger partial charge in [0, 0.05) is 25.7 Å². The maximum Gasteiger partial charge on any atom is 0.106 e. The molecule has 90 valence electrons. The van der Waals surface area contributed by atoms with Crippen LogP contribution in [0.5, 0.6) is 0 Å². The molecular weight excluding hydrogens is 210 g/mol. The van der Waals surface area contributed by atoms with E-state index < -0.39 is 0 Å². The van der Waals surface area contributed by atoms with E-state index in [1.807, 2.05) is 13.1 Å². The van der Waals surface area contributed by atoms with Gasteiger partial charge in [-0.15, -0.1) is 0 Å². The van der Waals surface area contributed by atoms with Crippen LogP contribution >= 0.6 is 0 Å². The van der Waals surface area contributed by atoms with E-state index in [-0.39, 0.29) is 0 Å². The molecule has 0 radical (unpaired) electrons. The number of rotatable bonds is 5. The second-order valence-electron chi connectivity index (χ2n) is 4.25. The van der Waals surface area contributed by atoms with Crippen molar-refractivity contribution in [2.45, 2.75) is 19.9 Å². The molecule has 0 bridgehead atoms. The first-order valence-corrected chi connectivity index (χ1v) is 6.01. The van der Waals surface area contributed by atoms with Crippen molar-refractivity contribution >= 4 is 0 Å². The smallest absolute Gasteiger partial charge is 0.106 e. The number of imidazole rings is 1. The van der Waals surface area contributed by atoms with E-state index in [0.717, 1.165) is 31.0 Å². The van der Waals surface area contributed by atoms with Crippen LogP contribution in [0, 0.1) is 6.92 Å². The average Bonchev–Trinajstić information content (AvgIpc) is 2.69. The Bertz CT molecular complexity index is 460. The first kappa shape index (κ1) is 11.9. The maximum atomic E-state index is 4.57. The summed E-state index contributed by atoms with van der Waals surface area (Å²) in [4.78, 5) is 4.57. The van der Waals surface area contributed by atoms with Gasteiger partial charge in [0.1, 0.15) is 5.82 Å². The van der Waals surface area contributed by atoms with Crippen molar-refractivity contribution in [3.05, 3.63) is 53.6 Å². The molecule has 2 rings (SSSR count). The van der Waals surface area contributed by atoms with Gasteiger partial charge in [-0.25, -0.2) is 4.98 Å². The summed E-state index contributed by atoms with van der Waals surface area (Å²) in [5.41, 5.74) is 2.47. The van der Waals surface area contributed by atoms with Crippen molar-refractivity contribution < 1.29 is 0 Å². The molecule has 0 fully saturated rings. The highest BCUT2D eigenvalue weighted by molar-refractivity contribution is 5.16. The standard InChI is InChI=1S/C14H19N3/c1-12-16-14(8-9-15-2)11-17(12)10-13-6-4-3-5-7-13/h3-7,11,15H,8-10H2,1-2H3. The number of hydrogen-bond donors (Lipinski definition) is 1. The lowest BCUT2D eigenvalue weighted by Crippen LogP contribution is -2.10.